The summed E-state index contributed by atoms with van der Waals surface area (Å²) >= 11 is 0. The Morgan fingerprint density at radius 1 is 1.06 bits per heavy atom. The summed E-state index contributed by atoms with van der Waals surface area (Å²) in [5.74, 6) is -0.0659. The molecule has 0 aromatic rings. The van der Waals surface area contributed by atoms with Crippen molar-refractivity contribution in [3.8, 4) is 0 Å². The van der Waals surface area contributed by atoms with Crippen LogP contribution in [0.25, 0.3) is 0 Å². The van der Waals surface area contributed by atoms with Gasteiger partial charge in [-0.15, -0.1) is 0 Å². The SMILES string of the molecule is O=C(CO)N(C1CCCCC1)C1CCNCC1. The largest absolute Gasteiger partial charge is 0.387 e. The number of aliphatic hydroxyl groups excluding tert-OH is 1. The van der Waals surface area contributed by atoms with E-state index in [1.807, 2.05) is 4.90 Å². The number of amides is 1. The average Bonchev–Trinajstić information content (AvgIpc) is 2.41. The van der Waals surface area contributed by atoms with Crippen LogP contribution in [0.2, 0.25) is 0 Å². The molecule has 2 rings (SSSR count). The van der Waals surface area contributed by atoms with Gasteiger partial charge in [-0.3, -0.25) is 4.79 Å². The van der Waals surface area contributed by atoms with Gasteiger partial charge in [0.25, 0.3) is 0 Å². The van der Waals surface area contributed by atoms with Gasteiger partial charge in [0.15, 0.2) is 0 Å². The standard InChI is InChI=1S/C13H24N2O2/c16-10-13(17)15(11-4-2-1-3-5-11)12-6-8-14-9-7-12/h11-12,14,16H,1-10H2. The molecular formula is C13H24N2O2. The van der Waals surface area contributed by atoms with E-state index in [0.717, 1.165) is 38.8 Å². The Balaban J connectivity index is 2.02. The molecule has 0 spiro atoms. The minimum absolute atomic E-state index is 0.0659. The summed E-state index contributed by atoms with van der Waals surface area (Å²) in [6.07, 6.45) is 8.05. The van der Waals surface area contributed by atoms with Crippen LogP contribution in [0, 0.1) is 0 Å². The van der Waals surface area contributed by atoms with Gasteiger partial charge in [-0.25, -0.2) is 0 Å². The number of nitrogens with zero attached hydrogens (tertiary/aromatic N) is 1. The highest BCUT2D eigenvalue weighted by Crippen LogP contribution is 2.26. The minimum Gasteiger partial charge on any atom is -0.387 e. The van der Waals surface area contributed by atoms with Crippen molar-refractivity contribution in [3.05, 3.63) is 0 Å². The third-order valence-corrected chi connectivity index (χ3v) is 4.09. The van der Waals surface area contributed by atoms with Gasteiger partial charge in [0.05, 0.1) is 0 Å². The molecule has 1 aliphatic heterocycles. The van der Waals surface area contributed by atoms with Gasteiger partial charge in [0.1, 0.15) is 6.61 Å². The normalized spacial score (nSPS) is 23.6. The summed E-state index contributed by atoms with van der Waals surface area (Å²) < 4.78 is 0. The highest BCUT2D eigenvalue weighted by Gasteiger charge is 2.31. The Morgan fingerprint density at radius 3 is 2.24 bits per heavy atom. The Kier molecular flexibility index (Phi) is 4.80. The molecule has 1 aliphatic carbocycles. The topological polar surface area (TPSA) is 52.6 Å². The Hall–Kier alpha value is -0.610. The fourth-order valence-electron chi connectivity index (χ4n) is 3.23. The predicted octanol–water partition coefficient (Wildman–Crippen LogP) is 0.892. The highest BCUT2D eigenvalue weighted by molar-refractivity contribution is 5.78. The lowest BCUT2D eigenvalue weighted by Crippen LogP contribution is -2.52. The monoisotopic (exact) mass is 240 g/mol. The highest BCUT2D eigenvalue weighted by atomic mass is 16.3. The van der Waals surface area contributed by atoms with E-state index in [0.29, 0.717) is 12.1 Å². The molecule has 2 aliphatic rings. The summed E-state index contributed by atoms with van der Waals surface area (Å²) in [5, 5.41) is 12.5. The van der Waals surface area contributed by atoms with Crippen molar-refractivity contribution >= 4 is 5.91 Å². The quantitative estimate of drug-likeness (QED) is 0.770. The lowest BCUT2D eigenvalue weighted by molar-refractivity contribution is -0.140. The van der Waals surface area contributed by atoms with E-state index >= 15 is 0 Å². The van der Waals surface area contributed by atoms with E-state index in [9.17, 15) is 4.79 Å². The van der Waals surface area contributed by atoms with Gasteiger partial charge in [0.2, 0.25) is 5.91 Å². The van der Waals surface area contributed by atoms with Crippen LogP contribution in [-0.2, 0) is 4.79 Å². The van der Waals surface area contributed by atoms with Crippen LogP contribution in [0.3, 0.4) is 0 Å². The Morgan fingerprint density at radius 2 is 1.65 bits per heavy atom. The number of nitrogens with one attached hydrogen (secondary N) is 1. The summed E-state index contributed by atoms with van der Waals surface area (Å²) in [6, 6.07) is 0.727. The number of piperidine rings is 1. The van der Waals surface area contributed by atoms with Crippen molar-refractivity contribution in [2.75, 3.05) is 19.7 Å². The van der Waals surface area contributed by atoms with Gasteiger partial charge in [-0.1, -0.05) is 19.3 Å². The first kappa shape index (κ1) is 12.8. The molecule has 17 heavy (non-hydrogen) atoms. The average molecular weight is 240 g/mol. The van der Waals surface area contributed by atoms with E-state index in [1.54, 1.807) is 0 Å². The fourth-order valence-corrected chi connectivity index (χ4v) is 3.23. The maximum atomic E-state index is 12.0. The van der Waals surface area contributed by atoms with Crippen LogP contribution in [0.15, 0.2) is 0 Å². The summed E-state index contributed by atoms with van der Waals surface area (Å²) in [6.45, 7) is 1.65. The van der Waals surface area contributed by atoms with Crippen molar-refractivity contribution in [2.24, 2.45) is 0 Å². The molecule has 1 amide bonds. The molecule has 0 aromatic carbocycles. The predicted molar refractivity (Wildman–Crippen MR) is 66.7 cm³/mol. The van der Waals surface area contributed by atoms with Crippen molar-refractivity contribution in [3.63, 3.8) is 0 Å². The molecule has 2 fully saturated rings. The van der Waals surface area contributed by atoms with Gasteiger partial charge >= 0.3 is 0 Å². The van der Waals surface area contributed by atoms with Gasteiger partial charge in [-0.2, -0.15) is 0 Å². The van der Waals surface area contributed by atoms with E-state index < -0.39 is 0 Å². The van der Waals surface area contributed by atoms with E-state index in [4.69, 9.17) is 5.11 Å². The van der Waals surface area contributed by atoms with Crippen molar-refractivity contribution in [2.45, 2.75) is 57.0 Å². The number of carbonyl (C=O) groups excluding carboxylic acids is 1. The molecule has 1 saturated heterocycles. The molecule has 0 unspecified atom stereocenters. The van der Waals surface area contributed by atoms with Crippen molar-refractivity contribution in [1.82, 2.24) is 10.2 Å². The molecule has 1 heterocycles. The van der Waals surface area contributed by atoms with Gasteiger partial charge < -0.3 is 15.3 Å². The van der Waals surface area contributed by atoms with Crippen LogP contribution in [0.1, 0.15) is 44.9 Å². The first-order chi connectivity index (χ1) is 8.33. The third kappa shape index (κ3) is 3.19. The van der Waals surface area contributed by atoms with Crippen LogP contribution in [-0.4, -0.2) is 47.7 Å². The van der Waals surface area contributed by atoms with E-state index in [2.05, 4.69) is 5.32 Å². The fraction of sp³-hybridized carbons (Fsp3) is 0.923. The zero-order chi connectivity index (χ0) is 12.1. The maximum Gasteiger partial charge on any atom is 0.248 e. The van der Waals surface area contributed by atoms with Crippen molar-refractivity contribution in [1.29, 1.82) is 0 Å². The minimum atomic E-state index is -0.333. The molecule has 1 saturated carbocycles. The van der Waals surface area contributed by atoms with E-state index in [-0.39, 0.29) is 12.5 Å². The van der Waals surface area contributed by atoms with Crippen LogP contribution < -0.4 is 5.32 Å². The van der Waals surface area contributed by atoms with E-state index in [1.165, 1.54) is 19.3 Å². The molecule has 4 nitrogen and oxygen atoms in total. The molecule has 98 valence electrons. The molecular weight excluding hydrogens is 216 g/mol. The molecule has 2 N–H and O–H groups in total. The number of carbonyl (C=O) groups is 1. The zero-order valence-corrected chi connectivity index (χ0v) is 10.5. The number of aliphatic hydroxyl groups is 1. The lowest BCUT2D eigenvalue weighted by atomic mass is 9.91. The second-order valence-corrected chi connectivity index (χ2v) is 5.23. The first-order valence-corrected chi connectivity index (χ1v) is 6.95. The third-order valence-electron chi connectivity index (χ3n) is 4.09. The molecule has 0 radical (unpaired) electrons. The van der Waals surface area contributed by atoms with Gasteiger partial charge in [-0.05, 0) is 38.8 Å². The van der Waals surface area contributed by atoms with Crippen LogP contribution in [0.4, 0.5) is 0 Å². The summed E-state index contributed by atoms with van der Waals surface area (Å²) in [5.41, 5.74) is 0. The summed E-state index contributed by atoms with van der Waals surface area (Å²) in [7, 11) is 0. The molecule has 0 aromatic heterocycles. The second-order valence-electron chi connectivity index (χ2n) is 5.23. The Bertz CT molecular complexity index is 228. The zero-order valence-electron chi connectivity index (χ0n) is 10.5. The van der Waals surface area contributed by atoms with Gasteiger partial charge in [0, 0.05) is 12.1 Å². The van der Waals surface area contributed by atoms with Crippen molar-refractivity contribution < 1.29 is 9.90 Å². The summed E-state index contributed by atoms with van der Waals surface area (Å²) in [4.78, 5) is 14.0. The lowest BCUT2D eigenvalue weighted by Gasteiger charge is -2.41. The number of rotatable bonds is 3. The van der Waals surface area contributed by atoms with Crippen LogP contribution >= 0.6 is 0 Å². The second kappa shape index (κ2) is 6.36. The maximum absolute atomic E-state index is 12.0. The smallest absolute Gasteiger partial charge is 0.248 e. The number of hydrogen-bond acceptors (Lipinski definition) is 3. The van der Waals surface area contributed by atoms with Crippen LogP contribution in [0.5, 0.6) is 0 Å². The number of hydrogen-bond donors (Lipinski definition) is 2. The molecule has 4 heteroatoms. The first-order valence-electron chi connectivity index (χ1n) is 6.95. The molecule has 0 atom stereocenters. The Labute approximate surface area is 103 Å². The molecule has 0 bridgehead atoms.